The van der Waals surface area contributed by atoms with Gasteiger partial charge in [0.05, 0.1) is 18.2 Å². The van der Waals surface area contributed by atoms with Crippen molar-refractivity contribution >= 4 is 11.6 Å². The molecule has 3 fully saturated rings. The number of nitrogens with zero attached hydrogens (tertiary/aromatic N) is 1. The molecule has 1 aromatic carbocycles. The van der Waals surface area contributed by atoms with Gasteiger partial charge in [-0.15, -0.1) is 0 Å². The number of para-hydroxylation sites is 2. The smallest absolute Gasteiger partial charge is 0.231 e. The molecule has 3 saturated carbocycles. The van der Waals surface area contributed by atoms with Gasteiger partial charge in [0.15, 0.2) is 0 Å². The largest absolute Gasteiger partial charge is 0.484 e. The monoisotopic (exact) mass is 283 g/mol. The fourth-order valence-corrected chi connectivity index (χ4v) is 4.97. The second-order valence-corrected chi connectivity index (χ2v) is 8.00. The molecule has 1 aliphatic heterocycles. The van der Waals surface area contributed by atoms with Crippen LogP contribution in [0.15, 0.2) is 24.3 Å². The molecule has 0 saturated heterocycles. The third kappa shape index (κ3) is 1.37. The van der Waals surface area contributed by atoms with Gasteiger partial charge < -0.3 is 9.64 Å². The summed E-state index contributed by atoms with van der Waals surface area (Å²) < 4.78 is 6.04. The summed E-state index contributed by atoms with van der Waals surface area (Å²) in [5.41, 5.74) is 1.48. The number of rotatable bonds is 1. The number of ether oxygens (including phenoxy) is 1. The van der Waals surface area contributed by atoms with Crippen molar-refractivity contribution in [3.8, 4) is 5.75 Å². The lowest BCUT2D eigenvalue weighted by Gasteiger charge is -2.40. The number of amides is 1. The molecule has 1 aromatic rings. The lowest BCUT2D eigenvalue weighted by atomic mass is 10.0. The Kier molecular flexibility index (Phi) is 1.89. The van der Waals surface area contributed by atoms with Crippen molar-refractivity contribution in [3.05, 3.63) is 24.3 Å². The number of hydrogen-bond acceptors (Lipinski definition) is 2. The maximum atomic E-state index is 13.2. The molecule has 4 aliphatic rings. The minimum absolute atomic E-state index is 0.298. The number of carbonyl (C=O) groups is 1. The molecular formula is C18H21NO2. The van der Waals surface area contributed by atoms with Gasteiger partial charge in [0.25, 0.3) is 0 Å². The SMILES string of the molecule is CC1(C)CN(C(=O)C2C3(CC3)C23CC3)c2ccccc2O1. The summed E-state index contributed by atoms with van der Waals surface area (Å²) in [6.45, 7) is 4.79. The molecule has 0 radical (unpaired) electrons. The number of benzene rings is 1. The molecule has 110 valence electrons. The van der Waals surface area contributed by atoms with Gasteiger partial charge in [-0.05, 0) is 62.5 Å². The van der Waals surface area contributed by atoms with Crippen LogP contribution < -0.4 is 9.64 Å². The zero-order valence-corrected chi connectivity index (χ0v) is 12.7. The van der Waals surface area contributed by atoms with Gasteiger partial charge in [-0.2, -0.15) is 0 Å². The Morgan fingerprint density at radius 2 is 1.76 bits per heavy atom. The van der Waals surface area contributed by atoms with E-state index >= 15 is 0 Å². The Hall–Kier alpha value is -1.51. The van der Waals surface area contributed by atoms with Gasteiger partial charge in [-0.1, -0.05) is 12.1 Å². The minimum Gasteiger partial charge on any atom is -0.484 e. The van der Waals surface area contributed by atoms with Crippen molar-refractivity contribution < 1.29 is 9.53 Å². The first-order valence-electron chi connectivity index (χ1n) is 8.09. The van der Waals surface area contributed by atoms with Crippen molar-refractivity contribution in [2.45, 2.75) is 45.1 Å². The summed E-state index contributed by atoms with van der Waals surface area (Å²) in [5, 5.41) is 0. The van der Waals surface area contributed by atoms with E-state index in [1.54, 1.807) is 0 Å². The average molecular weight is 283 g/mol. The van der Waals surface area contributed by atoms with Crippen molar-refractivity contribution in [2.24, 2.45) is 16.7 Å². The number of hydrogen-bond donors (Lipinski definition) is 0. The predicted octanol–water partition coefficient (Wildman–Crippen LogP) is 3.38. The molecule has 0 atom stereocenters. The molecule has 0 unspecified atom stereocenters. The zero-order chi connectivity index (χ0) is 14.5. The maximum absolute atomic E-state index is 13.2. The third-order valence-corrected chi connectivity index (χ3v) is 6.18. The average Bonchev–Trinajstić information content (AvgIpc) is 3.32. The predicted molar refractivity (Wildman–Crippen MR) is 80.3 cm³/mol. The maximum Gasteiger partial charge on any atom is 0.231 e. The topological polar surface area (TPSA) is 29.5 Å². The van der Waals surface area contributed by atoms with E-state index in [9.17, 15) is 4.79 Å². The Morgan fingerprint density at radius 3 is 2.38 bits per heavy atom. The summed E-state index contributed by atoms with van der Waals surface area (Å²) in [7, 11) is 0. The van der Waals surface area contributed by atoms with E-state index in [2.05, 4.69) is 13.8 Å². The lowest BCUT2D eigenvalue weighted by molar-refractivity contribution is -0.121. The fraction of sp³-hybridized carbons (Fsp3) is 0.611. The standard InChI is InChI=1S/C18H21NO2/c1-16(2)11-19(12-5-3-4-6-13(12)21-16)15(20)14-17(7-8-17)18(14)9-10-18/h3-6,14H,7-11H2,1-2H3. The first-order valence-corrected chi connectivity index (χ1v) is 8.09. The fourth-order valence-electron chi connectivity index (χ4n) is 4.97. The summed E-state index contributed by atoms with van der Waals surface area (Å²) in [5.74, 6) is 1.50. The van der Waals surface area contributed by atoms with Gasteiger partial charge in [-0.3, -0.25) is 4.79 Å². The van der Waals surface area contributed by atoms with E-state index in [4.69, 9.17) is 4.74 Å². The van der Waals surface area contributed by atoms with Gasteiger partial charge in [-0.25, -0.2) is 0 Å². The number of fused-ring (bicyclic) bond motifs is 2. The molecule has 0 aromatic heterocycles. The molecule has 1 heterocycles. The zero-order valence-electron chi connectivity index (χ0n) is 12.7. The highest BCUT2D eigenvalue weighted by Gasteiger charge is 2.89. The highest BCUT2D eigenvalue weighted by Crippen LogP contribution is 2.92. The van der Waals surface area contributed by atoms with E-state index in [1.165, 1.54) is 25.7 Å². The number of carbonyl (C=O) groups excluding carboxylic acids is 1. The summed E-state index contributed by atoms with van der Waals surface area (Å²) in [6.07, 6.45) is 5.11. The molecule has 5 rings (SSSR count). The van der Waals surface area contributed by atoms with E-state index in [0.29, 0.717) is 29.2 Å². The molecule has 0 bridgehead atoms. The van der Waals surface area contributed by atoms with Crippen LogP contribution in [0.2, 0.25) is 0 Å². The molecule has 3 aliphatic carbocycles. The van der Waals surface area contributed by atoms with Gasteiger partial charge in [0.1, 0.15) is 11.4 Å². The molecule has 1 amide bonds. The van der Waals surface area contributed by atoms with Crippen molar-refractivity contribution in [1.82, 2.24) is 0 Å². The van der Waals surface area contributed by atoms with E-state index < -0.39 is 0 Å². The minimum atomic E-state index is -0.313. The van der Waals surface area contributed by atoms with Crippen LogP contribution in [0, 0.1) is 16.7 Å². The second-order valence-electron chi connectivity index (χ2n) is 8.00. The first-order chi connectivity index (χ1) is 9.99. The van der Waals surface area contributed by atoms with E-state index in [1.807, 2.05) is 29.2 Å². The highest BCUT2D eigenvalue weighted by atomic mass is 16.5. The lowest BCUT2D eigenvalue weighted by Crippen LogP contribution is -2.50. The van der Waals surface area contributed by atoms with Crippen LogP contribution in [0.3, 0.4) is 0 Å². The Labute approximate surface area is 125 Å². The first kappa shape index (κ1) is 12.1. The van der Waals surface area contributed by atoms with Gasteiger partial charge >= 0.3 is 0 Å². The Balaban J connectivity index is 1.53. The number of anilines is 1. The second kappa shape index (κ2) is 3.29. The van der Waals surface area contributed by atoms with Crippen LogP contribution in [0.5, 0.6) is 5.75 Å². The van der Waals surface area contributed by atoms with Crippen LogP contribution >= 0.6 is 0 Å². The Bertz CT molecular complexity index is 637. The summed E-state index contributed by atoms with van der Waals surface area (Å²) in [6, 6.07) is 7.96. The van der Waals surface area contributed by atoms with E-state index in [0.717, 1.165) is 11.4 Å². The van der Waals surface area contributed by atoms with Crippen LogP contribution in [0.1, 0.15) is 39.5 Å². The summed E-state index contributed by atoms with van der Waals surface area (Å²) in [4.78, 5) is 15.2. The molecule has 3 heteroatoms. The molecule has 2 spiro atoms. The quantitative estimate of drug-likeness (QED) is 0.790. The van der Waals surface area contributed by atoms with Crippen LogP contribution in [-0.2, 0) is 4.79 Å². The Morgan fingerprint density at radius 1 is 1.14 bits per heavy atom. The molecule has 21 heavy (non-hydrogen) atoms. The van der Waals surface area contributed by atoms with E-state index in [-0.39, 0.29) is 5.60 Å². The highest BCUT2D eigenvalue weighted by molar-refractivity contribution is 6.01. The van der Waals surface area contributed by atoms with Crippen molar-refractivity contribution in [1.29, 1.82) is 0 Å². The molecular weight excluding hydrogens is 262 g/mol. The van der Waals surface area contributed by atoms with Gasteiger partial charge in [0, 0.05) is 0 Å². The van der Waals surface area contributed by atoms with Crippen molar-refractivity contribution in [3.63, 3.8) is 0 Å². The van der Waals surface area contributed by atoms with Gasteiger partial charge in [0.2, 0.25) is 5.91 Å². The van der Waals surface area contributed by atoms with Crippen LogP contribution in [0.4, 0.5) is 5.69 Å². The molecule has 0 N–H and O–H groups in total. The van der Waals surface area contributed by atoms with Crippen molar-refractivity contribution in [2.75, 3.05) is 11.4 Å². The van der Waals surface area contributed by atoms with Crippen LogP contribution in [0.25, 0.3) is 0 Å². The van der Waals surface area contributed by atoms with Crippen LogP contribution in [-0.4, -0.2) is 18.1 Å². The third-order valence-electron chi connectivity index (χ3n) is 6.18. The molecule has 3 nitrogen and oxygen atoms in total. The normalized spacial score (nSPS) is 29.0. The summed E-state index contributed by atoms with van der Waals surface area (Å²) >= 11 is 0.